The molecule has 0 radical (unpaired) electrons. The fourth-order valence-corrected chi connectivity index (χ4v) is 1.86. The van der Waals surface area contributed by atoms with E-state index in [-0.39, 0.29) is 30.4 Å². The topological polar surface area (TPSA) is 112 Å². The first-order valence-electron chi connectivity index (χ1n) is 5.44. The minimum Gasteiger partial charge on any atom is -0.464 e. The monoisotopic (exact) mass is 304 g/mol. The largest absolute Gasteiger partial charge is 0.488 e. The molecule has 1 unspecified atom stereocenters. The van der Waals surface area contributed by atoms with Crippen LogP contribution in [0.1, 0.15) is 12.8 Å². The number of imide groups is 1. The van der Waals surface area contributed by atoms with Crippen molar-refractivity contribution >= 4 is 22.3 Å². The van der Waals surface area contributed by atoms with Gasteiger partial charge in [0.2, 0.25) is 11.8 Å². The second-order valence-corrected chi connectivity index (χ2v) is 4.82. The fourth-order valence-electron chi connectivity index (χ4n) is 1.53. The second kappa shape index (κ2) is 5.41. The minimum absolute atomic E-state index is 0.0168. The highest BCUT2D eigenvalue weighted by molar-refractivity contribution is 7.81. The molecule has 0 aliphatic carbocycles. The van der Waals surface area contributed by atoms with E-state index in [9.17, 15) is 21.9 Å². The number of rotatable bonds is 4. The first-order chi connectivity index (χ1) is 9.33. The van der Waals surface area contributed by atoms with Gasteiger partial charge in [-0.2, -0.15) is 8.42 Å². The average Bonchev–Trinajstić information content (AvgIpc) is 2.33. The minimum atomic E-state index is -5.11. The highest BCUT2D eigenvalue weighted by Crippen LogP contribution is 2.18. The van der Waals surface area contributed by atoms with E-state index in [0.717, 1.165) is 12.3 Å². The van der Waals surface area contributed by atoms with E-state index in [0.29, 0.717) is 0 Å². The zero-order valence-electron chi connectivity index (χ0n) is 9.91. The number of nitrogens with zero attached hydrogens (tertiary/aromatic N) is 1. The van der Waals surface area contributed by atoms with Gasteiger partial charge in [-0.15, -0.1) is 0 Å². The van der Waals surface area contributed by atoms with Crippen molar-refractivity contribution in [3.63, 3.8) is 0 Å². The molecule has 20 heavy (non-hydrogen) atoms. The van der Waals surface area contributed by atoms with E-state index in [1.54, 1.807) is 0 Å². The molecule has 1 fully saturated rings. The number of ether oxygens (including phenoxy) is 1. The Balaban J connectivity index is 2.00. The molecule has 1 atom stereocenters. The number of carbonyl (C=O) groups excluding carboxylic acids is 2. The van der Waals surface area contributed by atoms with Crippen LogP contribution in [0.3, 0.4) is 0 Å². The van der Waals surface area contributed by atoms with Gasteiger partial charge in [-0.05, 0) is 6.07 Å². The molecule has 1 N–H and O–H groups in total. The molecule has 2 heterocycles. The van der Waals surface area contributed by atoms with Gasteiger partial charge < -0.3 is 8.92 Å². The van der Waals surface area contributed by atoms with Gasteiger partial charge in [0, 0.05) is 18.9 Å². The Morgan fingerprint density at radius 1 is 1.35 bits per heavy atom. The van der Waals surface area contributed by atoms with Crippen molar-refractivity contribution in [3.05, 3.63) is 18.3 Å². The Morgan fingerprint density at radius 3 is 2.65 bits per heavy atom. The van der Waals surface area contributed by atoms with E-state index >= 15 is 0 Å². The molecule has 0 spiro atoms. The van der Waals surface area contributed by atoms with Crippen molar-refractivity contribution in [3.8, 4) is 11.6 Å². The van der Waals surface area contributed by atoms with Crippen molar-refractivity contribution in [1.82, 2.24) is 10.3 Å². The molecule has 0 bridgehead atoms. The van der Waals surface area contributed by atoms with Gasteiger partial charge >= 0.3 is 10.5 Å². The molecule has 1 aliphatic rings. The van der Waals surface area contributed by atoms with Crippen molar-refractivity contribution in [2.75, 3.05) is 0 Å². The summed E-state index contributed by atoms with van der Waals surface area (Å²) in [7, 11) is -5.11. The zero-order chi connectivity index (χ0) is 14.8. The van der Waals surface area contributed by atoms with Crippen LogP contribution in [0.5, 0.6) is 11.6 Å². The summed E-state index contributed by atoms with van der Waals surface area (Å²) in [6, 6.07) is 2.33. The molecule has 1 saturated heterocycles. The van der Waals surface area contributed by atoms with Crippen LogP contribution in [0.4, 0.5) is 3.89 Å². The predicted molar refractivity (Wildman–Crippen MR) is 61.7 cm³/mol. The summed E-state index contributed by atoms with van der Waals surface area (Å²) in [6.07, 6.45) is 0.427. The third-order valence-corrected chi connectivity index (χ3v) is 2.75. The molecule has 1 aromatic heterocycles. The van der Waals surface area contributed by atoms with Gasteiger partial charge in [-0.3, -0.25) is 14.9 Å². The SMILES string of the molecule is O=C1CCC(Oc2ccc(OS(=O)(=O)F)cn2)C(=O)N1. The first-order valence-corrected chi connectivity index (χ1v) is 6.75. The van der Waals surface area contributed by atoms with Crippen molar-refractivity contribution in [2.24, 2.45) is 0 Å². The van der Waals surface area contributed by atoms with Crippen LogP contribution in [0.2, 0.25) is 0 Å². The molecule has 2 amide bonds. The van der Waals surface area contributed by atoms with Crippen molar-refractivity contribution < 1.29 is 30.8 Å². The second-order valence-electron chi connectivity index (χ2n) is 3.87. The molecular formula is C10H9FN2O6S. The maximum absolute atomic E-state index is 12.2. The normalized spacial score (nSPS) is 19.4. The summed E-state index contributed by atoms with van der Waals surface area (Å²) in [6.45, 7) is 0. The summed E-state index contributed by atoms with van der Waals surface area (Å²) < 4.78 is 41.9. The number of hydrogen-bond acceptors (Lipinski definition) is 7. The number of pyridine rings is 1. The lowest BCUT2D eigenvalue weighted by atomic mass is 10.1. The average molecular weight is 304 g/mol. The van der Waals surface area contributed by atoms with Crippen LogP contribution in [0, 0.1) is 0 Å². The molecule has 1 aromatic rings. The maximum atomic E-state index is 12.2. The lowest BCUT2D eigenvalue weighted by Gasteiger charge is -2.21. The van der Waals surface area contributed by atoms with Gasteiger partial charge in [0.05, 0.1) is 6.20 Å². The van der Waals surface area contributed by atoms with Gasteiger partial charge in [-0.1, -0.05) is 3.89 Å². The number of amides is 2. The number of aromatic nitrogens is 1. The molecular weight excluding hydrogens is 295 g/mol. The van der Waals surface area contributed by atoms with Crippen molar-refractivity contribution in [1.29, 1.82) is 0 Å². The first kappa shape index (κ1) is 14.2. The Bertz CT molecular complexity index is 630. The number of hydrogen-bond donors (Lipinski definition) is 1. The van der Waals surface area contributed by atoms with Crippen LogP contribution < -0.4 is 14.2 Å². The highest BCUT2D eigenvalue weighted by atomic mass is 32.3. The molecule has 8 nitrogen and oxygen atoms in total. The number of piperidine rings is 1. The number of halogens is 1. The van der Waals surface area contributed by atoms with E-state index in [4.69, 9.17) is 4.74 Å². The van der Waals surface area contributed by atoms with Crippen molar-refractivity contribution in [2.45, 2.75) is 18.9 Å². The Kier molecular flexibility index (Phi) is 3.84. The third kappa shape index (κ3) is 3.88. The molecule has 2 rings (SSSR count). The smallest absolute Gasteiger partial charge is 0.464 e. The van der Waals surface area contributed by atoms with E-state index in [1.165, 1.54) is 6.07 Å². The van der Waals surface area contributed by atoms with Gasteiger partial charge in [0.1, 0.15) is 0 Å². The Labute approximate surface area is 113 Å². The van der Waals surface area contributed by atoms with Gasteiger partial charge in [0.15, 0.2) is 11.9 Å². The van der Waals surface area contributed by atoms with Crippen LogP contribution in [-0.2, 0) is 20.1 Å². The summed E-state index contributed by atoms with van der Waals surface area (Å²) in [4.78, 5) is 26.0. The molecule has 1 aliphatic heterocycles. The van der Waals surface area contributed by atoms with Crippen LogP contribution in [-0.4, -0.2) is 31.3 Å². The zero-order valence-corrected chi connectivity index (χ0v) is 10.7. The van der Waals surface area contributed by atoms with E-state index in [2.05, 4.69) is 14.5 Å². The Hall–Kier alpha value is -2.23. The van der Waals surface area contributed by atoms with Crippen LogP contribution in [0.15, 0.2) is 18.3 Å². The standard InChI is InChI=1S/C10H9FN2O6S/c11-20(16,17)19-6-1-4-9(12-5-6)18-7-2-3-8(14)13-10(7)15/h1,4-5,7H,2-3H2,(H,13,14,15). The fraction of sp³-hybridized carbons (Fsp3) is 0.300. The van der Waals surface area contributed by atoms with E-state index in [1.807, 2.05) is 0 Å². The van der Waals surface area contributed by atoms with Crippen LogP contribution in [0.25, 0.3) is 0 Å². The number of nitrogens with one attached hydrogen (secondary N) is 1. The summed E-state index contributed by atoms with van der Waals surface area (Å²) in [5.74, 6) is -1.26. The lowest BCUT2D eigenvalue weighted by Crippen LogP contribution is -2.46. The molecule has 0 aromatic carbocycles. The van der Waals surface area contributed by atoms with Gasteiger partial charge in [-0.25, -0.2) is 4.98 Å². The molecule has 0 saturated carbocycles. The van der Waals surface area contributed by atoms with Crippen LogP contribution >= 0.6 is 0 Å². The maximum Gasteiger partial charge on any atom is 0.488 e. The summed E-state index contributed by atoms with van der Waals surface area (Å²) in [5, 5.41) is 2.11. The Morgan fingerprint density at radius 2 is 2.10 bits per heavy atom. The lowest BCUT2D eigenvalue weighted by molar-refractivity contribution is -0.139. The number of carbonyl (C=O) groups is 2. The highest BCUT2D eigenvalue weighted by Gasteiger charge is 2.28. The molecule has 10 heteroatoms. The van der Waals surface area contributed by atoms with Gasteiger partial charge in [0.25, 0.3) is 5.91 Å². The quantitative estimate of drug-likeness (QED) is 0.608. The summed E-state index contributed by atoms with van der Waals surface area (Å²) >= 11 is 0. The third-order valence-electron chi connectivity index (χ3n) is 2.36. The molecule has 108 valence electrons. The van der Waals surface area contributed by atoms with E-state index < -0.39 is 22.5 Å². The summed E-state index contributed by atoms with van der Waals surface area (Å²) in [5.41, 5.74) is 0. The predicted octanol–water partition coefficient (Wildman–Crippen LogP) is -0.141.